The molecule has 2 heterocycles. The number of ether oxygens (including phenoxy) is 1. The Bertz CT molecular complexity index is 1270. The zero-order chi connectivity index (χ0) is 27.0. The van der Waals surface area contributed by atoms with Crippen LogP contribution in [-0.2, 0) is 21.2 Å². The van der Waals surface area contributed by atoms with Gasteiger partial charge in [0.25, 0.3) is 5.91 Å². The van der Waals surface area contributed by atoms with Crippen LogP contribution in [0.15, 0.2) is 53.4 Å². The van der Waals surface area contributed by atoms with Gasteiger partial charge in [0.2, 0.25) is 15.9 Å². The maximum Gasteiger partial charge on any atom is 0.573 e. The molecule has 0 unspecified atom stereocenters. The van der Waals surface area contributed by atoms with Crippen molar-refractivity contribution in [2.24, 2.45) is 16.5 Å². The van der Waals surface area contributed by atoms with Gasteiger partial charge in [-0.2, -0.15) is 0 Å². The Labute approximate surface area is 213 Å². The lowest BCUT2D eigenvalue weighted by Gasteiger charge is -2.28. The third kappa shape index (κ3) is 6.07. The summed E-state index contributed by atoms with van der Waals surface area (Å²) < 4.78 is 63.7. The summed E-state index contributed by atoms with van der Waals surface area (Å²) in [6, 6.07) is 11.0. The van der Waals surface area contributed by atoms with Crippen molar-refractivity contribution < 1.29 is 35.9 Å². The summed E-state index contributed by atoms with van der Waals surface area (Å²) in [7, 11) is -3.84. The van der Waals surface area contributed by atoms with Crippen molar-refractivity contribution in [2.75, 3.05) is 26.2 Å². The minimum absolute atomic E-state index is 0.0331. The number of primary sulfonamides is 1. The lowest BCUT2D eigenvalue weighted by molar-refractivity contribution is -0.274. The molecule has 4 rings (SSSR count). The molecular formula is C25H28F3N3O5S. The summed E-state index contributed by atoms with van der Waals surface area (Å²) in [6.45, 7) is 4.08. The second-order valence-electron chi connectivity index (χ2n) is 9.63. The predicted octanol–water partition coefficient (Wildman–Crippen LogP) is 3.18. The highest BCUT2D eigenvalue weighted by Crippen LogP contribution is 2.45. The number of amides is 2. The molecule has 2 aliphatic rings. The van der Waals surface area contributed by atoms with Crippen LogP contribution in [0.2, 0.25) is 0 Å². The zero-order valence-corrected chi connectivity index (χ0v) is 21.0. The first kappa shape index (κ1) is 26.9. The second-order valence-corrected chi connectivity index (χ2v) is 11.2. The van der Waals surface area contributed by atoms with Gasteiger partial charge < -0.3 is 14.5 Å². The molecule has 2 aromatic carbocycles. The Balaban J connectivity index is 1.33. The fourth-order valence-corrected chi connectivity index (χ4v) is 5.78. The zero-order valence-electron chi connectivity index (χ0n) is 20.2. The molecule has 12 heteroatoms. The first-order chi connectivity index (χ1) is 17.3. The average Bonchev–Trinajstić information content (AvgIpc) is 3.37. The van der Waals surface area contributed by atoms with E-state index in [0.717, 1.165) is 12.0 Å². The minimum Gasteiger partial charge on any atom is -0.406 e. The highest BCUT2D eigenvalue weighted by molar-refractivity contribution is 7.89. The summed E-state index contributed by atoms with van der Waals surface area (Å²) in [5, 5.41) is 5.12. The van der Waals surface area contributed by atoms with Gasteiger partial charge >= 0.3 is 6.36 Å². The molecule has 200 valence electrons. The maximum absolute atomic E-state index is 13.1. The highest BCUT2D eigenvalue weighted by Gasteiger charge is 2.53. The molecule has 2 amide bonds. The van der Waals surface area contributed by atoms with Gasteiger partial charge in [0.05, 0.1) is 4.90 Å². The smallest absolute Gasteiger partial charge is 0.406 e. The Kier molecular flexibility index (Phi) is 7.26. The largest absolute Gasteiger partial charge is 0.573 e. The van der Waals surface area contributed by atoms with Crippen molar-refractivity contribution >= 4 is 21.8 Å². The lowest BCUT2D eigenvalue weighted by Crippen LogP contribution is -2.38. The van der Waals surface area contributed by atoms with Gasteiger partial charge in [0.1, 0.15) is 5.75 Å². The molecule has 37 heavy (non-hydrogen) atoms. The molecule has 0 aromatic heterocycles. The summed E-state index contributed by atoms with van der Waals surface area (Å²) >= 11 is 0. The van der Waals surface area contributed by atoms with E-state index in [4.69, 9.17) is 5.14 Å². The van der Waals surface area contributed by atoms with E-state index < -0.39 is 16.4 Å². The average molecular weight is 540 g/mol. The van der Waals surface area contributed by atoms with E-state index >= 15 is 0 Å². The molecular weight excluding hydrogens is 511 g/mol. The number of rotatable bonds is 7. The van der Waals surface area contributed by atoms with E-state index in [9.17, 15) is 31.2 Å². The number of hydrogen-bond acceptors (Lipinski definition) is 5. The molecule has 2 fully saturated rings. The first-order valence-corrected chi connectivity index (χ1v) is 13.4. The summed E-state index contributed by atoms with van der Waals surface area (Å²) in [5.74, 6) is -0.416. The van der Waals surface area contributed by atoms with Gasteiger partial charge in [-0.15, -0.1) is 13.2 Å². The van der Waals surface area contributed by atoms with Gasteiger partial charge in [0.15, 0.2) is 0 Å². The van der Waals surface area contributed by atoms with Gasteiger partial charge in [-0.05, 0) is 54.8 Å². The van der Waals surface area contributed by atoms with Crippen LogP contribution >= 0.6 is 0 Å². The Morgan fingerprint density at radius 2 is 1.62 bits per heavy atom. The summed E-state index contributed by atoms with van der Waals surface area (Å²) in [6.07, 6.45) is -3.34. The van der Waals surface area contributed by atoms with E-state index in [1.54, 1.807) is 4.90 Å². The van der Waals surface area contributed by atoms with E-state index in [2.05, 4.69) is 4.74 Å². The topological polar surface area (TPSA) is 110 Å². The molecule has 2 N–H and O–H groups in total. The predicted molar refractivity (Wildman–Crippen MR) is 128 cm³/mol. The number of nitrogens with two attached hydrogens (primary N) is 1. The Morgan fingerprint density at radius 1 is 1.03 bits per heavy atom. The maximum atomic E-state index is 13.1. The lowest BCUT2D eigenvalue weighted by atomic mass is 9.79. The van der Waals surface area contributed by atoms with E-state index in [-0.39, 0.29) is 40.2 Å². The van der Waals surface area contributed by atoms with Crippen molar-refractivity contribution in [3.63, 3.8) is 0 Å². The number of fused-ring (bicyclic) bond motifs is 1. The van der Waals surface area contributed by atoms with E-state index in [1.807, 2.05) is 11.8 Å². The normalized spacial score (nSPS) is 21.7. The Hall–Kier alpha value is -3.12. The molecule has 0 radical (unpaired) electrons. The van der Waals surface area contributed by atoms with Crippen LogP contribution in [0.25, 0.3) is 0 Å². The molecule has 2 saturated heterocycles. The monoisotopic (exact) mass is 539 g/mol. The van der Waals surface area contributed by atoms with E-state index in [0.29, 0.717) is 38.2 Å². The third-order valence-electron chi connectivity index (χ3n) is 7.32. The third-order valence-corrected chi connectivity index (χ3v) is 8.25. The molecule has 2 aromatic rings. The van der Waals surface area contributed by atoms with Gasteiger partial charge in [-0.3, -0.25) is 9.59 Å². The van der Waals surface area contributed by atoms with Crippen molar-refractivity contribution in [3.8, 4) is 5.75 Å². The molecule has 0 bridgehead atoms. The molecule has 2 aliphatic heterocycles. The highest BCUT2D eigenvalue weighted by atomic mass is 32.2. The molecule has 0 saturated carbocycles. The van der Waals surface area contributed by atoms with Crippen LogP contribution in [0.5, 0.6) is 5.75 Å². The molecule has 0 spiro atoms. The van der Waals surface area contributed by atoms with Crippen molar-refractivity contribution in [1.29, 1.82) is 0 Å². The van der Waals surface area contributed by atoms with Gasteiger partial charge in [0, 0.05) is 49.5 Å². The number of hydrogen-bond donors (Lipinski definition) is 1. The minimum atomic E-state index is -4.75. The number of carbonyl (C=O) groups is 2. The quantitative estimate of drug-likeness (QED) is 0.581. The van der Waals surface area contributed by atoms with Crippen molar-refractivity contribution in [1.82, 2.24) is 9.80 Å². The number of nitrogens with zero attached hydrogens (tertiary/aromatic N) is 2. The SMILES string of the molecule is CC[C@]12CN(C(=O)CCc3ccc(OC(F)(F)F)cc3)C[C@@H]1CN(C(=O)c1ccc(S(N)(=O)=O)cc1)C2. The van der Waals surface area contributed by atoms with Crippen LogP contribution in [0.1, 0.15) is 35.7 Å². The number of likely N-dealkylation sites (tertiary alicyclic amines) is 2. The number of carbonyl (C=O) groups excluding carboxylic acids is 2. The van der Waals surface area contributed by atoms with Gasteiger partial charge in [-0.1, -0.05) is 19.1 Å². The van der Waals surface area contributed by atoms with Crippen molar-refractivity contribution in [2.45, 2.75) is 37.4 Å². The standard InChI is InChI=1S/C25H28F3N3O5S/c1-2-24-15-30(22(32)12-5-17-3-8-20(9-4-17)36-25(26,27)28)13-19(24)14-31(16-24)23(33)18-6-10-21(11-7-18)37(29,34)35/h3-4,6-11,19H,2,5,12-16H2,1H3,(H2,29,34,35)/t19-,24-/m1/s1. The Morgan fingerprint density at radius 3 is 2.16 bits per heavy atom. The number of alkyl halides is 3. The van der Waals surface area contributed by atoms with Crippen molar-refractivity contribution in [3.05, 3.63) is 59.7 Å². The number of aryl methyl sites for hydroxylation is 1. The van der Waals surface area contributed by atoms with Gasteiger partial charge in [-0.25, -0.2) is 13.6 Å². The van der Waals surface area contributed by atoms with Crippen LogP contribution in [0.4, 0.5) is 13.2 Å². The number of benzene rings is 2. The molecule has 8 nitrogen and oxygen atoms in total. The summed E-state index contributed by atoms with van der Waals surface area (Å²) in [4.78, 5) is 29.5. The fourth-order valence-electron chi connectivity index (χ4n) is 5.27. The fraction of sp³-hybridized carbons (Fsp3) is 0.440. The molecule has 2 atom stereocenters. The number of sulfonamides is 1. The number of halogens is 3. The van der Waals surface area contributed by atoms with Crippen LogP contribution < -0.4 is 9.88 Å². The molecule has 0 aliphatic carbocycles. The summed E-state index contributed by atoms with van der Waals surface area (Å²) in [5.41, 5.74) is 0.888. The van der Waals surface area contributed by atoms with Crippen LogP contribution in [0, 0.1) is 11.3 Å². The van der Waals surface area contributed by atoms with E-state index in [1.165, 1.54) is 48.5 Å². The second kappa shape index (κ2) is 9.97. The van der Waals surface area contributed by atoms with Crippen LogP contribution in [0.3, 0.4) is 0 Å². The van der Waals surface area contributed by atoms with Crippen LogP contribution in [-0.4, -0.2) is 62.6 Å². The first-order valence-electron chi connectivity index (χ1n) is 11.8.